The van der Waals surface area contributed by atoms with E-state index in [1.807, 2.05) is 53.9 Å². The van der Waals surface area contributed by atoms with Crippen LogP contribution < -0.4 is 4.90 Å². The second-order valence-corrected chi connectivity index (χ2v) is 7.05. The minimum atomic E-state index is -0.0355. The van der Waals surface area contributed by atoms with Crippen LogP contribution in [0.25, 0.3) is 10.2 Å². The molecule has 1 amide bonds. The van der Waals surface area contributed by atoms with Crippen LogP contribution in [0.15, 0.2) is 65.6 Å². The van der Waals surface area contributed by atoms with Crippen molar-refractivity contribution >= 4 is 44.5 Å². The van der Waals surface area contributed by atoms with Crippen molar-refractivity contribution in [2.45, 2.75) is 6.54 Å². The molecule has 4 aromatic rings. The predicted octanol–water partition coefficient (Wildman–Crippen LogP) is 4.60. The number of nitrogens with zero attached hydrogens (tertiary/aromatic N) is 3. The van der Waals surface area contributed by atoms with Crippen LogP contribution in [-0.4, -0.2) is 15.9 Å². The SMILES string of the molecule is O=C(c1ccc2ncsc2c1)N(Cc1nccs1)c1ccccc1. The maximum Gasteiger partial charge on any atom is 0.258 e. The summed E-state index contributed by atoms with van der Waals surface area (Å²) in [7, 11) is 0. The molecule has 0 saturated heterocycles. The van der Waals surface area contributed by atoms with E-state index >= 15 is 0 Å². The van der Waals surface area contributed by atoms with Crippen molar-refractivity contribution in [3.63, 3.8) is 0 Å². The Balaban J connectivity index is 1.72. The van der Waals surface area contributed by atoms with E-state index in [2.05, 4.69) is 9.97 Å². The summed E-state index contributed by atoms with van der Waals surface area (Å²) in [6.45, 7) is 0.460. The highest BCUT2D eigenvalue weighted by Gasteiger charge is 2.19. The predicted molar refractivity (Wildman–Crippen MR) is 98.7 cm³/mol. The molecule has 0 radical (unpaired) electrons. The van der Waals surface area contributed by atoms with Crippen molar-refractivity contribution in [3.05, 3.63) is 76.2 Å². The first-order valence-electron chi connectivity index (χ1n) is 7.40. The summed E-state index contributed by atoms with van der Waals surface area (Å²) in [5, 5.41) is 2.83. The molecule has 0 atom stereocenters. The molecule has 0 aliphatic rings. The molecule has 0 spiro atoms. The highest BCUT2D eigenvalue weighted by atomic mass is 32.1. The molecule has 0 unspecified atom stereocenters. The second-order valence-electron chi connectivity index (χ2n) is 5.19. The Morgan fingerprint density at radius 3 is 2.71 bits per heavy atom. The average molecular weight is 351 g/mol. The van der Waals surface area contributed by atoms with Gasteiger partial charge in [0.2, 0.25) is 0 Å². The van der Waals surface area contributed by atoms with E-state index < -0.39 is 0 Å². The summed E-state index contributed by atoms with van der Waals surface area (Å²) >= 11 is 3.09. The van der Waals surface area contributed by atoms with Crippen LogP contribution >= 0.6 is 22.7 Å². The lowest BCUT2D eigenvalue weighted by Gasteiger charge is -2.22. The third-order valence-electron chi connectivity index (χ3n) is 3.67. The van der Waals surface area contributed by atoms with Crippen LogP contribution in [0.2, 0.25) is 0 Å². The van der Waals surface area contributed by atoms with Gasteiger partial charge in [-0.25, -0.2) is 9.97 Å². The van der Waals surface area contributed by atoms with Gasteiger partial charge >= 0.3 is 0 Å². The Hall–Kier alpha value is -2.57. The molecule has 0 aliphatic heterocycles. The smallest absolute Gasteiger partial charge is 0.258 e. The Morgan fingerprint density at radius 2 is 1.92 bits per heavy atom. The van der Waals surface area contributed by atoms with Crippen LogP contribution in [0.3, 0.4) is 0 Å². The lowest BCUT2D eigenvalue weighted by atomic mass is 10.1. The Morgan fingerprint density at radius 1 is 1.04 bits per heavy atom. The van der Waals surface area contributed by atoms with Crippen LogP contribution in [0, 0.1) is 0 Å². The average Bonchev–Trinajstić information content (AvgIpc) is 3.30. The van der Waals surface area contributed by atoms with Gasteiger partial charge in [0, 0.05) is 22.8 Å². The van der Waals surface area contributed by atoms with E-state index in [1.54, 1.807) is 27.9 Å². The first-order valence-corrected chi connectivity index (χ1v) is 9.16. The number of carbonyl (C=O) groups excluding carboxylic acids is 1. The number of fused-ring (bicyclic) bond motifs is 1. The Kier molecular flexibility index (Phi) is 4.06. The molecule has 0 aliphatic carbocycles. The lowest BCUT2D eigenvalue weighted by molar-refractivity contribution is 0.0985. The minimum absolute atomic E-state index is 0.0355. The summed E-state index contributed by atoms with van der Waals surface area (Å²) in [6.07, 6.45) is 1.76. The molecule has 0 fully saturated rings. The van der Waals surface area contributed by atoms with E-state index in [0.29, 0.717) is 12.1 Å². The third kappa shape index (κ3) is 2.93. The summed E-state index contributed by atoms with van der Waals surface area (Å²) in [5.41, 5.74) is 4.24. The lowest BCUT2D eigenvalue weighted by Crippen LogP contribution is -2.30. The first kappa shape index (κ1) is 15.0. The number of hydrogen-bond acceptors (Lipinski definition) is 5. The quantitative estimate of drug-likeness (QED) is 0.540. The van der Waals surface area contributed by atoms with Gasteiger partial charge in [0.25, 0.3) is 5.91 Å². The molecule has 2 aromatic carbocycles. The fraction of sp³-hybridized carbons (Fsp3) is 0.0556. The highest BCUT2D eigenvalue weighted by molar-refractivity contribution is 7.16. The van der Waals surface area contributed by atoms with Crippen molar-refractivity contribution in [2.24, 2.45) is 0 Å². The molecule has 4 nitrogen and oxygen atoms in total. The summed E-state index contributed by atoms with van der Waals surface area (Å²) in [5.74, 6) is -0.0355. The first-order chi connectivity index (χ1) is 11.8. The van der Waals surface area contributed by atoms with Crippen molar-refractivity contribution in [1.82, 2.24) is 9.97 Å². The van der Waals surface area contributed by atoms with Gasteiger partial charge in [0.15, 0.2) is 0 Å². The van der Waals surface area contributed by atoms with E-state index in [-0.39, 0.29) is 5.91 Å². The van der Waals surface area contributed by atoms with E-state index in [9.17, 15) is 4.79 Å². The largest absolute Gasteiger partial charge is 0.302 e. The molecule has 24 heavy (non-hydrogen) atoms. The number of anilines is 1. The van der Waals surface area contributed by atoms with Crippen molar-refractivity contribution in [3.8, 4) is 0 Å². The Bertz CT molecular complexity index is 964. The molecule has 2 heterocycles. The van der Waals surface area contributed by atoms with Crippen molar-refractivity contribution in [1.29, 1.82) is 0 Å². The fourth-order valence-corrected chi connectivity index (χ4v) is 3.82. The monoisotopic (exact) mass is 351 g/mol. The summed E-state index contributed by atoms with van der Waals surface area (Å²) in [6, 6.07) is 15.3. The standard InChI is InChI=1S/C18H13N3OS2/c22-18(13-6-7-15-16(10-13)24-12-20-15)21(11-17-19-8-9-23-17)14-4-2-1-3-5-14/h1-10,12H,11H2. The van der Waals surface area contributed by atoms with Gasteiger partial charge in [0.05, 0.1) is 22.3 Å². The van der Waals surface area contributed by atoms with Crippen LogP contribution in [0.5, 0.6) is 0 Å². The zero-order chi connectivity index (χ0) is 16.4. The van der Waals surface area contributed by atoms with Crippen molar-refractivity contribution in [2.75, 3.05) is 4.90 Å². The van der Waals surface area contributed by atoms with Gasteiger partial charge in [-0.1, -0.05) is 18.2 Å². The number of aromatic nitrogens is 2. The van der Waals surface area contributed by atoms with Crippen LogP contribution in [-0.2, 0) is 6.54 Å². The van der Waals surface area contributed by atoms with E-state index in [4.69, 9.17) is 0 Å². The molecule has 2 aromatic heterocycles. The summed E-state index contributed by atoms with van der Waals surface area (Å²) in [4.78, 5) is 23.5. The zero-order valence-electron chi connectivity index (χ0n) is 12.6. The molecule has 0 N–H and O–H groups in total. The normalized spacial score (nSPS) is 10.8. The molecule has 118 valence electrons. The van der Waals surface area contributed by atoms with Gasteiger partial charge in [-0.3, -0.25) is 4.79 Å². The van der Waals surface area contributed by atoms with Gasteiger partial charge < -0.3 is 4.90 Å². The second kappa shape index (κ2) is 6.51. The minimum Gasteiger partial charge on any atom is -0.302 e. The molecule has 0 bridgehead atoms. The maximum atomic E-state index is 13.1. The van der Waals surface area contributed by atoms with Crippen LogP contribution in [0.1, 0.15) is 15.4 Å². The molecular weight excluding hydrogens is 338 g/mol. The van der Waals surface area contributed by atoms with E-state index in [1.165, 1.54) is 11.3 Å². The van der Waals surface area contributed by atoms with Gasteiger partial charge in [0.1, 0.15) is 5.01 Å². The number of carbonyl (C=O) groups is 1. The number of hydrogen-bond donors (Lipinski definition) is 0. The number of thiazole rings is 2. The molecule has 6 heteroatoms. The molecule has 0 saturated carbocycles. The van der Waals surface area contributed by atoms with Gasteiger partial charge in [-0.15, -0.1) is 22.7 Å². The number of rotatable bonds is 4. The third-order valence-corrected chi connectivity index (χ3v) is 5.22. The van der Waals surface area contributed by atoms with Gasteiger partial charge in [-0.2, -0.15) is 0 Å². The fourth-order valence-electron chi connectivity index (χ4n) is 2.50. The number of para-hydroxylation sites is 1. The zero-order valence-corrected chi connectivity index (χ0v) is 14.3. The van der Waals surface area contributed by atoms with Gasteiger partial charge in [-0.05, 0) is 30.3 Å². The summed E-state index contributed by atoms with van der Waals surface area (Å²) < 4.78 is 1.02. The maximum absolute atomic E-state index is 13.1. The highest BCUT2D eigenvalue weighted by Crippen LogP contribution is 2.24. The number of amides is 1. The topological polar surface area (TPSA) is 46.1 Å². The van der Waals surface area contributed by atoms with E-state index in [0.717, 1.165) is 20.9 Å². The Labute approximate surface area is 147 Å². The number of benzene rings is 2. The van der Waals surface area contributed by atoms with Crippen molar-refractivity contribution < 1.29 is 4.79 Å². The molecular formula is C18H13N3OS2. The molecule has 4 rings (SSSR count). The van der Waals surface area contributed by atoms with Crippen LogP contribution in [0.4, 0.5) is 5.69 Å².